The number of hydrogen-bond acceptors (Lipinski definition) is 5. The monoisotopic (exact) mass is 532 g/mol. The van der Waals surface area contributed by atoms with Gasteiger partial charge in [-0.25, -0.2) is 4.39 Å². The van der Waals surface area contributed by atoms with Crippen LogP contribution in [0, 0.1) is 18.2 Å². The summed E-state index contributed by atoms with van der Waals surface area (Å²) in [5.41, 5.74) is 3.34. The van der Waals surface area contributed by atoms with E-state index in [-0.39, 0.29) is 36.2 Å². The molecular weight excluding hydrogens is 507 g/mol. The summed E-state index contributed by atoms with van der Waals surface area (Å²) in [5, 5.41) is 1.07. The fourth-order valence-corrected chi connectivity index (χ4v) is 5.27. The number of aryl methyl sites for hydroxylation is 1. The Bertz CT molecular complexity index is 1600. The highest BCUT2D eigenvalue weighted by atomic mass is 35.5. The maximum atomic E-state index is 13.5. The number of hydrogen-bond donors (Lipinski definition) is 0. The fourth-order valence-electron chi connectivity index (χ4n) is 4.94. The van der Waals surface area contributed by atoms with Crippen molar-refractivity contribution in [3.05, 3.63) is 82.1 Å². The Kier molecular flexibility index (Phi) is 6.70. The SMILES string of the molecule is CCC(=O)c1c(-c2ccc(F)cc2)oc2ccc(-c3cc(C(=O)CC4(C(=O)OC)CC4)c(C)cc3Cl)cc12. The van der Waals surface area contributed by atoms with Gasteiger partial charge in [0.25, 0.3) is 0 Å². The highest BCUT2D eigenvalue weighted by Gasteiger charge is 2.52. The number of ketones is 2. The number of fused-ring (bicyclic) bond motifs is 1. The first-order chi connectivity index (χ1) is 18.2. The molecule has 4 aromatic rings. The van der Waals surface area contributed by atoms with Crippen molar-refractivity contribution in [2.75, 3.05) is 7.11 Å². The van der Waals surface area contributed by atoms with Crippen LogP contribution in [0.25, 0.3) is 33.4 Å². The topological polar surface area (TPSA) is 73.6 Å². The van der Waals surface area contributed by atoms with E-state index in [0.29, 0.717) is 68.0 Å². The molecule has 194 valence electrons. The van der Waals surface area contributed by atoms with Crippen LogP contribution < -0.4 is 0 Å². The summed E-state index contributed by atoms with van der Waals surface area (Å²) < 4.78 is 24.5. The molecule has 0 bridgehead atoms. The van der Waals surface area contributed by atoms with Gasteiger partial charge < -0.3 is 9.15 Å². The zero-order chi connectivity index (χ0) is 27.2. The average Bonchev–Trinajstić information content (AvgIpc) is 3.59. The Labute approximate surface area is 224 Å². The quantitative estimate of drug-likeness (QED) is 0.170. The maximum Gasteiger partial charge on any atom is 0.312 e. The first-order valence-electron chi connectivity index (χ1n) is 12.4. The smallest absolute Gasteiger partial charge is 0.312 e. The number of methoxy groups -OCH3 is 1. The van der Waals surface area contributed by atoms with Crippen LogP contribution in [0.5, 0.6) is 0 Å². The third-order valence-electron chi connectivity index (χ3n) is 7.29. The van der Waals surface area contributed by atoms with Gasteiger partial charge in [-0.15, -0.1) is 0 Å². The molecule has 1 aliphatic carbocycles. The Morgan fingerprint density at radius 3 is 2.32 bits per heavy atom. The molecule has 1 fully saturated rings. The van der Waals surface area contributed by atoms with Crippen LogP contribution in [0.1, 0.15) is 58.9 Å². The van der Waals surface area contributed by atoms with E-state index in [1.807, 2.05) is 19.1 Å². The lowest BCUT2D eigenvalue weighted by Crippen LogP contribution is -2.21. The second kappa shape index (κ2) is 9.84. The van der Waals surface area contributed by atoms with Crippen LogP contribution in [-0.2, 0) is 9.53 Å². The minimum atomic E-state index is -0.736. The predicted octanol–water partition coefficient (Wildman–Crippen LogP) is 7.99. The molecule has 5 nitrogen and oxygen atoms in total. The third-order valence-corrected chi connectivity index (χ3v) is 7.60. The van der Waals surface area contributed by atoms with Gasteiger partial charge in [-0.05, 0) is 79.4 Å². The molecule has 1 saturated carbocycles. The molecule has 1 heterocycles. The van der Waals surface area contributed by atoms with Gasteiger partial charge in [0.2, 0.25) is 0 Å². The van der Waals surface area contributed by atoms with E-state index in [1.165, 1.54) is 19.2 Å². The fraction of sp³-hybridized carbons (Fsp3) is 0.258. The summed E-state index contributed by atoms with van der Waals surface area (Å²) in [4.78, 5) is 38.5. The number of ether oxygens (including phenoxy) is 1. The Morgan fingerprint density at radius 2 is 1.68 bits per heavy atom. The van der Waals surface area contributed by atoms with Crippen molar-refractivity contribution < 1.29 is 27.9 Å². The summed E-state index contributed by atoms with van der Waals surface area (Å²) >= 11 is 6.64. The highest BCUT2D eigenvalue weighted by Crippen LogP contribution is 2.50. The second-order valence-corrected chi connectivity index (χ2v) is 10.2. The van der Waals surface area contributed by atoms with Crippen molar-refractivity contribution >= 4 is 40.1 Å². The largest absolute Gasteiger partial charge is 0.469 e. The van der Waals surface area contributed by atoms with Crippen LogP contribution in [-0.4, -0.2) is 24.6 Å². The van der Waals surface area contributed by atoms with Crippen LogP contribution in [0.2, 0.25) is 5.02 Å². The first kappa shape index (κ1) is 25.9. The molecule has 0 spiro atoms. The standard InChI is InChI=1S/C31H26ClFO5/c1-4-25(34)28-23-14-19(7-10-27(23)38-29(28)18-5-8-20(33)9-6-18)22-15-21(17(2)13-24(22)32)26(35)16-31(11-12-31)30(36)37-3/h5-10,13-15H,4,11-12,16H2,1-3H3. The number of esters is 1. The molecule has 0 saturated heterocycles. The molecule has 0 atom stereocenters. The number of furan rings is 1. The number of halogens is 2. The summed E-state index contributed by atoms with van der Waals surface area (Å²) in [6.07, 6.45) is 1.61. The number of benzene rings is 3. The van der Waals surface area contributed by atoms with E-state index in [1.54, 1.807) is 37.3 Å². The van der Waals surface area contributed by atoms with E-state index >= 15 is 0 Å². The molecule has 0 N–H and O–H groups in total. The minimum absolute atomic E-state index is 0.0819. The van der Waals surface area contributed by atoms with E-state index in [2.05, 4.69) is 0 Å². The lowest BCUT2D eigenvalue weighted by atomic mass is 9.90. The summed E-state index contributed by atoms with van der Waals surface area (Å²) in [7, 11) is 1.34. The second-order valence-electron chi connectivity index (χ2n) is 9.82. The van der Waals surface area contributed by atoms with Crippen LogP contribution in [0.4, 0.5) is 4.39 Å². The molecule has 1 aliphatic rings. The average molecular weight is 533 g/mol. The van der Waals surface area contributed by atoms with Crippen molar-refractivity contribution in [1.29, 1.82) is 0 Å². The van der Waals surface area contributed by atoms with Gasteiger partial charge in [0.05, 0.1) is 18.1 Å². The van der Waals surface area contributed by atoms with Gasteiger partial charge in [0.1, 0.15) is 17.2 Å². The highest BCUT2D eigenvalue weighted by molar-refractivity contribution is 6.33. The van der Waals surface area contributed by atoms with Crippen LogP contribution in [0.3, 0.4) is 0 Å². The molecule has 1 aromatic heterocycles. The van der Waals surface area contributed by atoms with Gasteiger partial charge in [-0.1, -0.05) is 24.6 Å². The molecule has 0 amide bonds. The van der Waals surface area contributed by atoms with Gasteiger partial charge in [-0.3, -0.25) is 14.4 Å². The molecule has 0 unspecified atom stereocenters. The van der Waals surface area contributed by atoms with Gasteiger partial charge in [-0.2, -0.15) is 0 Å². The van der Waals surface area contributed by atoms with Crippen molar-refractivity contribution in [1.82, 2.24) is 0 Å². The van der Waals surface area contributed by atoms with Crippen molar-refractivity contribution in [3.8, 4) is 22.5 Å². The molecule has 0 radical (unpaired) electrons. The summed E-state index contributed by atoms with van der Waals surface area (Å²) in [5.74, 6) is -0.605. The van der Waals surface area contributed by atoms with Crippen molar-refractivity contribution in [3.63, 3.8) is 0 Å². The number of carbonyl (C=O) groups is 3. The summed E-state index contributed by atoms with van der Waals surface area (Å²) in [6.45, 7) is 3.59. The van der Waals surface area contributed by atoms with E-state index < -0.39 is 5.41 Å². The van der Waals surface area contributed by atoms with Crippen molar-refractivity contribution in [2.45, 2.75) is 39.5 Å². The zero-order valence-electron chi connectivity index (χ0n) is 21.3. The first-order valence-corrected chi connectivity index (χ1v) is 12.8. The normalized spacial score (nSPS) is 13.9. The van der Waals surface area contributed by atoms with Gasteiger partial charge in [0.15, 0.2) is 11.6 Å². The van der Waals surface area contributed by atoms with Crippen molar-refractivity contribution in [2.24, 2.45) is 5.41 Å². The molecule has 5 rings (SSSR count). The van der Waals surface area contributed by atoms with Gasteiger partial charge in [0, 0.05) is 39.9 Å². The van der Waals surface area contributed by atoms with E-state index in [0.717, 1.165) is 0 Å². The Balaban J connectivity index is 1.59. The number of Topliss-reactive ketones (excluding diaryl/α,β-unsaturated/α-hetero) is 2. The molecule has 7 heteroatoms. The third kappa shape index (κ3) is 4.54. The maximum absolute atomic E-state index is 13.5. The van der Waals surface area contributed by atoms with Crippen LogP contribution in [0.15, 0.2) is 59.0 Å². The van der Waals surface area contributed by atoms with Crippen LogP contribution >= 0.6 is 11.6 Å². The minimum Gasteiger partial charge on any atom is -0.469 e. The molecule has 0 aliphatic heterocycles. The molecule has 38 heavy (non-hydrogen) atoms. The molecule has 3 aromatic carbocycles. The predicted molar refractivity (Wildman–Crippen MR) is 144 cm³/mol. The lowest BCUT2D eigenvalue weighted by Gasteiger charge is -2.15. The molecular formula is C31H26ClFO5. The number of rotatable bonds is 8. The van der Waals surface area contributed by atoms with Gasteiger partial charge >= 0.3 is 5.97 Å². The van der Waals surface area contributed by atoms with E-state index in [4.69, 9.17) is 20.8 Å². The summed E-state index contributed by atoms with van der Waals surface area (Å²) in [6, 6.07) is 14.7. The Morgan fingerprint density at radius 1 is 1.00 bits per heavy atom. The Hall–Kier alpha value is -3.77. The lowest BCUT2D eigenvalue weighted by molar-refractivity contribution is -0.147. The zero-order valence-corrected chi connectivity index (χ0v) is 22.1. The van der Waals surface area contributed by atoms with E-state index in [9.17, 15) is 18.8 Å². The number of carbonyl (C=O) groups excluding carboxylic acids is 3.